The summed E-state index contributed by atoms with van der Waals surface area (Å²) < 4.78 is 37.0. The molecule has 0 aliphatic heterocycles. The third-order valence-corrected chi connectivity index (χ3v) is 2.74. The highest BCUT2D eigenvalue weighted by Crippen LogP contribution is 2.29. The van der Waals surface area contributed by atoms with E-state index in [1.54, 1.807) is 0 Å². The monoisotopic (exact) mass is 258 g/mol. The van der Waals surface area contributed by atoms with Gasteiger partial charge in [-0.2, -0.15) is 13.2 Å². The molecule has 0 N–H and O–H groups in total. The standard InChI is InChI=1S/C14H17F3O/c1-2-3-4-5-13(18)10-11-6-8-12(9-7-11)14(15,16)17/h6-9H,2-5,10H2,1H3. The van der Waals surface area contributed by atoms with Crippen molar-refractivity contribution in [3.63, 3.8) is 0 Å². The maximum absolute atomic E-state index is 12.3. The minimum absolute atomic E-state index is 0.0863. The van der Waals surface area contributed by atoms with Crippen LogP contribution in [0.1, 0.15) is 43.7 Å². The lowest BCUT2D eigenvalue weighted by Gasteiger charge is -2.07. The number of halogens is 3. The first-order chi connectivity index (χ1) is 8.43. The number of unbranched alkanes of at least 4 members (excludes halogenated alkanes) is 2. The fourth-order valence-electron chi connectivity index (χ4n) is 1.70. The van der Waals surface area contributed by atoms with Gasteiger partial charge in [-0.1, -0.05) is 31.9 Å². The molecule has 0 saturated heterocycles. The Labute approximate surface area is 105 Å². The number of alkyl halides is 3. The second-order valence-electron chi connectivity index (χ2n) is 4.37. The second-order valence-corrected chi connectivity index (χ2v) is 4.37. The summed E-state index contributed by atoms with van der Waals surface area (Å²) >= 11 is 0. The minimum Gasteiger partial charge on any atom is -0.299 e. The Morgan fingerprint density at radius 2 is 1.72 bits per heavy atom. The van der Waals surface area contributed by atoms with E-state index in [0.717, 1.165) is 31.4 Å². The van der Waals surface area contributed by atoms with Crippen LogP contribution < -0.4 is 0 Å². The first-order valence-electron chi connectivity index (χ1n) is 6.11. The summed E-state index contributed by atoms with van der Waals surface area (Å²) in [7, 11) is 0. The maximum atomic E-state index is 12.3. The normalized spacial score (nSPS) is 11.6. The predicted octanol–water partition coefficient (Wildman–Crippen LogP) is 4.40. The van der Waals surface area contributed by atoms with Crippen molar-refractivity contribution in [1.82, 2.24) is 0 Å². The number of rotatable bonds is 6. The number of hydrogen-bond acceptors (Lipinski definition) is 1. The average molecular weight is 258 g/mol. The summed E-state index contributed by atoms with van der Waals surface area (Å²) in [5, 5.41) is 0. The molecule has 18 heavy (non-hydrogen) atoms. The molecular weight excluding hydrogens is 241 g/mol. The highest BCUT2D eigenvalue weighted by Gasteiger charge is 2.29. The summed E-state index contributed by atoms with van der Waals surface area (Å²) in [5.41, 5.74) is -0.0332. The smallest absolute Gasteiger partial charge is 0.299 e. The molecule has 0 bridgehead atoms. The lowest BCUT2D eigenvalue weighted by molar-refractivity contribution is -0.137. The summed E-state index contributed by atoms with van der Waals surface area (Å²) in [4.78, 5) is 11.5. The minimum atomic E-state index is -4.32. The van der Waals surface area contributed by atoms with Crippen molar-refractivity contribution < 1.29 is 18.0 Å². The van der Waals surface area contributed by atoms with Gasteiger partial charge in [0, 0.05) is 12.8 Å². The zero-order valence-electron chi connectivity index (χ0n) is 10.4. The van der Waals surface area contributed by atoms with E-state index in [1.165, 1.54) is 12.1 Å². The quantitative estimate of drug-likeness (QED) is 0.691. The van der Waals surface area contributed by atoms with Crippen LogP contribution in [0.2, 0.25) is 0 Å². The topological polar surface area (TPSA) is 17.1 Å². The first-order valence-corrected chi connectivity index (χ1v) is 6.11. The van der Waals surface area contributed by atoms with Gasteiger partial charge in [0.05, 0.1) is 5.56 Å². The van der Waals surface area contributed by atoms with Gasteiger partial charge in [0.2, 0.25) is 0 Å². The summed E-state index contributed by atoms with van der Waals surface area (Å²) in [5.74, 6) is 0.0863. The van der Waals surface area contributed by atoms with Crippen LogP contribution in [0.4, 0.5) is 13.2 Å². The molecule has 0 atom stereocenters. The Bertz CT molecular complexity index is 379. The van der Waals surface area contributed by atoms with Crippen LogP contribution in [0.25, 0.3) is 0 Å². The molecule has 1 aromatic carbocycles. The van der Waals surface area contributed by atoms with Crippen molar-refractivity contribution in [2.24, 2.45) is 0 Å². The van der Waals surface area contributed by atoms with E-state index in [2.05, 4.69) is 6.92 Å². The Kier molecular flexibility index (Phi) is 5.38. The van der Waals surface area contributed by atoms with E-state index in [9.17, 15) is 18.0 Å². The van der Waals surface area contributed by atoms with Crippen molar-refractivity contribution in [3.8, 4) is 0 Å². The first kappa shape index (κ1) is 14.7. The summed E-state index contributed by atoms with van der Waals surface area (Å²) in [6, 6.07) is 4.80. The van der Waals surface area contributed by atoms with Crippen LogP contribution in [-0.2, 0) is 17.4 Å². The predicted molar refractivity (Wildman–Crippen MR) is 64.3 cm³/mol. The summed E-state index contributed by atoms with van der Waals surface area (Å²) in [6.07, 6.45) is -0.664. The fraction of sp³-hybridized carbons (Fsp3) is 0.500. The number of carbonyl (C=O) groups excluding carboxylic acids is 1. The van der Waals surface area contributed by atoms with Gasteiger partial charge < -0.3 is 0 Å². The van der Waals surface area contributed by atoms with Gasteiger partial charge in [-0.25, -0.2) is 0 Å². The highest BCUT2D eigenvalue weighted by atomic mass is 19.4. The molecule has 0 unspecified atom stereocenters. The van der Waals surface area contributed by atoms with Gasteiger partial charge in [-0.15, -0.1) is 0 Å². The molecular formula is C14H17F3O. The molecule has 1 nitrogen and oxygen atoms in total. The van der Waals surface area contributed by atoms with Crippen molar-refractivity contribution >= 4 is 5.78 Å². The molecule has 0 spiro atoms. The Morgan fingerprint density at radius 3 is 2.22 bits per heavy atom. The SMILES string of the molecule is CCCCCC(=O)Cc1ccc(C(F)(F)F)cc1. The zero-order chi connectivity index (χ0) is 13.6. The van der Waals surface area contributed by atoms with Crippen LogP contribution in [0.5, 0.6) is 0 Å². The van der Waals surface area contributed by atoms with Gasteiger partial charge in [-0.05, 0) is 24.1 Å². The van der Waals surface area contributed by atoms with Crippen molar-refractivity contribution in [2.75, 3.05) is 0 Å². The van der Waals surface area contributed by atoms with Crippen molar-refractivity contribution in [3.05, 3.63) is 35.4 Å². The maximum Gasteiger partial charge on any atom is 0.416 e. The van der Waals surface area contributed by atoms with Gasteiger partial charge >= 0.3 is 6.18 Å². The zero-order valence-corrected chi connectivity index (χ0v) is 10.4. The molecule has 0 amide bonds. The van der Waals surface area contributed by atoms with Crippen LogP contribution in [-0.4, -0.2) is 5.78 Å². The molecule has 0 aromatic heterocycles. The lowest BCUT2D eigenvalue weighted by atomic mass is 10.0. The van der Waals surface area contributed by atoms with Crippen LogP contribution >= 0.6 is 0 Å². The third-order valence-electron chi connectivity index (χ3n) is 2.74. The van der Waals surface area contributed by atoms with E-state index >= 15 is 0 Å². The molecule has 1 rings (SSSR count). The Balaban J connectivity index is 2.51. The molecule has 0 heterocycles. The summed E-state index contributed by atoms with van der Waals surface area (Å²) in [6.45, 7) is 2.06. The number of Topliss-reactive ketones (excluding diaryl/α,β-unsaturated/α-hetero) is 1. The fourth-order valence-corrected chi connectivity index (χ4v) is 1.70. The van der Waals surface area contributed by atoms with Crippen molar-refractivity contribution in [1.29, 1.82) is 0 Å². The van der Waals surface area contributed by atoms with Crippen molar-refractivity contribution in [2.45, 2.75) is 45.2 Å². The molecule has 0 aliphatic carbocycles. The van der Waals surface area contributed by atoms with Crippen LogP contribution in [0.15, 0.2) is 24.3 Å². The number of carbonyl (C=O) groups is 1. The van der Waals surface area contributed by atoms with E-state index in [1.807, 2.05) is 0 Å². The van der Waals surface area contributed by atoms with Gasteiger partial charge in [0.25, 0.3) is 0 Å². The number of benzene rings is 1. The van der Waals surface area contributed by atoms with Crippen LogP contribution in [0.3, 0.4) is 0 Å². The lowest BCUT2D eigenvalue weighted by Crippen LogP contribution is -2.06. The molecule has 4 heteroatoms. The molecule has 0 saturated carbocycles. The molecule has 0 aliphatic rings. The third kappa shape index (κ3) is 4.90. The van der Waals surface area contributed by atoms with E-state index in [-0.39, 0.29) is 12.2 Å². The molecule has 1 aromatic rings. The average Bonchev–Trinajstić information content (AvgIpc) is 2.29. The number of ketones is 1. The van der Waals surface area contributed by atoms with Gasteiger partial charge in [-0.3, -0.25) is 4.79 Å². The van der Waals surface area contributed by atoms with E-state index < -0.39 is 11.7 Å². The number of hydrogen-bond donors (Lipinski definition) is 0. The molecule has 0 radical (unpaired) electrons. The van der Waals surface area contributed by atoms with Gasteiger partial charge in [0.1, 0.15) is 5.78 Å². The van der Waals surface area contributed by atoms with Gasteiger partial charge in [0.15, 0.2) is 0 Å². The molecule has 100 valence electrons. The highest BCUT2D eigenvalue weighted by molar-refractivity contribution is 5.80. The van der Waals surface area contributed by atoms with E-state index in [4.69, 9.17) is 0 Å². The molecule has 0 fully saturated rings. The largest absolute Gasteiger partial charge is 0.416 e. The second kappa shape index (κ2) is 6.57. The van der Waals surface area contributed by atoms with E-state index in [0.29, 0.717) is 12.0 Å². The van der Waals surface area contributed by atoms with Crippen LogP contribution in [0, 0.1) is 0 Å². The Hall–Kier alpha value is -1.32. The Morgan fingerprint density at radius 1 is 1.11 bits per heavy atom.